The Morgan fingerprint density at radius 3 is 3.05 bits per heavy atom. The summed E-state index contributed by atoms with van der Waals surface area (Å²) in [6.07, 6.45) is 2.36. The van der Waals surface area contributed by atoms with Gasteiger partial charge in [0.1, 0.15) is 6.61 Å². The van der Waals surface area contributed by atoms with Crippen LogP contribution in [-0.4, -0.2) is 41.6 Å². The average molecular weight is 286 g/mol. The number of nitrogens with zero attached hydrogens (tertiary/aromatic N) is 2. The lowest BCUT2D eigenvalue weighted by Gasteiger charge is -2.32. The molecule has 2 unspecified atom stereocenters. The van der Waals surface area contributed by atoms with Crippen LogP contribution in [0, 0.1) is 10.1 Å². The molecule has 0 N–H and O–H groups in total. The second kappa shape index (κ2) is 6.06. The van der Waals surface area contributed by atoms with Crippen molar-refractivity contribution >= 4 is 11.9 Å². The predicted molar refractivity (Wildman–Crippen MR) is 68.1 cm³/mol. The normalized spacial score (nSPS) is 28.6. The van der Waals surface area contributed by atoms with E-state index in [2.05, 4.69) is 9.89 Å². The summed E-state index contributed by atoms with van der Waals surface area (Å²) in [5, 5.41) is 15.0. The maximum Gasteiger partial charge on any atom is 0.508 e. The summed E-state index contributed by atoms with van der Waals surface area (Å²) in [5.74, 6) is 0. The van der Waals surface area contributed by atoms with E-state index in [1.54, 1.807) is 6.92 Å². The van der Waals surface area contributed by atoms with Gasteiger partial charge in [0.05, 0.1) is 12.3 Å². The van der Waals surface area contributed by atoms with Gasteiger partial charge < -0.3 is 14.3 Å². The standard InChI is InChI=1S/C12H18N2O6/c1-2-18-11(15)19-8-9-7-12(20-13-9)6-4-3-5-10(12)14(16)17/h10H,2-8H2,1H3. The minimum Gasteiger partial charge on any atom is -0.435 e. The van der Waals surface area contributed by atoms with Crippen LogP contribution in [0.15, 0.2) is 5.16 Å². The number of ether oxygens (including phenoxy) is 2. The average Bonchev–Trinajstić information content (AvgIpc) is 2.81. The number of carbonyl (C=O) groups excluding carboxylic acids is 1. The fourth-order valence-electron chi connectivity index (χ4n) is 2.75. The van der Waals surface area contributed by atoms with E-state index in [4.69, 9.17) is 9.57 Å². The molecule has 0 aromatic heterocycles. The Labute approximate surface area is 116 Å². The molecular weight excluding hydrogens is 268 g/mol. The first-order valence-corrected chi connectivity index (χ1v) is 6.74. The molecule has 0 aromatic carbocycles. The van der Waals surface area contributed by atoms with Gasteiger partial charge in [-0.2, -0.15) is 0 Å². The van der Waals surface area contributed by atoms with Crippen LogP contribution in [0.3, 0.4) is 0 Å². The van der Waals surface area contributed by atoms with Gasteiger partial charge in [-0.15, -0.1) is 0 Å². The van der Waals surface area contributed by atoms with Crippen molar-refractivity contribution < 1.29 is 24.0 Å². The molecule has 8 heteroatoms. The highest BCUT2D eigenvalue weighted by Gasteiger charge is 2.54. The zero-order chi connectivity index (χ0) is 14.6. The van der Waals surface area contributed by atoms with Gasteiger partial charge in [-0.1, -0.05) is 5.16 Å². The number of carbonyl (C=O) groups is 1. The minimum atomic E-state index is -0.866. The minimum absolute atomic E-state index is 0.0506. The van der Waals surface area contributed by atoms with Crippen LogP contribution >= 0.6 is 0 Å². The summed E-state index contributed by atoms with van der Waals surface area (Å²) < 4.78 is 9.49. The third-order valence-corrected chi connectivity index (χ3v) is 3.67. The summed E-state index contributed by atoms with van der Waals surface area (Å²) in [7, 11) is 0. The van der Waals surface area contributed by atoms with Crippen LogP contribution in [-0.2, 0) is 14.3 Å². The Morgan fingerprint density at radius 1 is 1.55 bits per heavy atom. The fraction of sp³-hybridized carbons (Fsp3) is 0.833. The van der Waals surface area contributed by atoms with E-state index in [9.17, 15) is 14.9 Å². The van der Waals surface area contributed by atoms with Gasteiger partial charge in [0.25, 0.3) is 6.04 Å². The van der Waals surface area contributed by atoms with Gasteiger partial charge in [-0.3, -0.25) is 10.1 Å². The number of nitro groups is 1. The summed E-state index contributed by atoms with van der Waals surface area (Å²) in [6, 6.07) is -0.750. The SMILES string of the molecule is CCOC(=O)OCC1=NOC2(CCCCC2[N+](=O)[O-])C1. The van der Waals surface area contributed by atoms with E-state index < -0.39 is 17.8 Å². The molecule has 1 fully saturated rings. The van der Waals surface area contributed by atoms with Crippen molar-refractivity contribution in [2.75, 3.05) is 13.2 Å². The van der Waals surface area contributed by atoms with E-state index in [0.29, 0.717) is 25.0 Å². The molecule has 1 aliphatic heterocycles. The number of hydrogen-bond acceptors (Lipinski definition) is 7. The van der Waals surface area contributed by atoms with Crippen LogP contribution in [0.25, 0.3) is 0 Å². The Kier molecular flexibility index (Phi) is 4.41. The summed E-state index contributed by atoms with van der Waals surface area (Å²) in [6.45, 7) is 1.86. The van der Waals surface area contributed by atoms with Gasteiger partial charge in [-0.05, 0) is 26.2 Å². The van der Waals surface area contributed by atoms with Crippen molar-refractivity contribution in [3.8, 4) is 0 Å². The first-order valence-electron chi connectivity index (χ1n) is 6.74. The van der Waals surface area contributed by atoms with Gasteiger partial charge >= 0.3 is 6.16 Å². The van der Waals surface area contributed by atoms with Crippen molar-refractivity contribution in [3.05, 3.63) is 10.1 Å². The zero-order valence-electron chi connectivity index (χ0n) is 11.4. The second-order valence-electron chi connectivity index (χ2n) is 5.01. The molecule has 112 valence electrons. The highest BCUT2D eigenvalue weighted by molar-refractivity contribution is 5.88. The van der Waals surface area contributed by atoms with Gasteiger partial charge in [0.2, 0.25) is 5.60 Å². The summed E-state index contributed by atoms with van der Waals surface area (Å²) in [5.41, 5.74) is -0.360. The molecule has 0 radical (unpaired) electrons. The highest BCUT2D eigenvalue weighted by atomic mass is 16.7. The lowest BCUT2D eigenvalue weighted by Crippen LogP contribution is -2.49. The quantitative estimate of drug-likeness (QED) is 0.444. The topological polar surface area (TPSA) is 100 Å². The monoisotopic (exact) mass is 286 g/mol. The van der Waals surface area contributed by atoms with E-state index in [-0.39, 0.29) is 18.1 Å². The summed E-state index contributed by atoms with van der Waals surface area (Å²) >= 11 is 0. The number of oxime groups is 1. The Morgan fingerprint density at radius 2 is 2.35 bits per heavy atom. The first-order chi connectivity index (χ1) is 9.57. The van der Waals surface area contributed by atoms with Crippen molar-refractivity contribution in [2.45, 2.75) is 50.7 Å². The van der Waals surface area contributed by atoms with Crippen molar-refractivity contribution in [1.29, 1.82) is 0 Å². The van der Waals surface area contributed by atoms with Gasteiger partial charge in [-0.25, -0.2) is 4.79 Å². The lowest BCUT2D eigenvalue weighted by atomic mass is 9.78. The molecule has 20 heavy (non-hydrogen) atoms. The molecule has 2 aliphatic rings. The predicted octanol–water partition coefficient (Wildman–Crippen LogP) is 1.89. The molecule has 0 aromatic rings. The maximum absolute atomic E-state index is 11.1. The molecule has 1 heterocycles. The van der Waals surface area contributed by atoms with E-state index >= 15 is 0 Å². The van der Waals surface area contributed by atoms with Crippen LogP contribution in [0.1, 0.15) is 39.0 Å². The zero-order valence-corrected chi connectivity index (χ0v) is 11.4. The Hall–Kier alpha value is -1.86. The highest BCUT2D eigenvalue weighted by Crippen LogP contribution is 2.40. The third kappa shape index (κ3) is 3.00. The van der Waals surface area contributed by atoms with Crippen LogP contribution in [0.5, 0.6) is 0 Å². The molecular formula is C12H18N2O6. The van der Waals surface area contributed by atoms with Crippen LogP contribution < -0.4 is 0 Å². The maximum atomic E-state index is 11.1. The molecule has 8 nitrogen and oxygen atoms in total. The van der Waals surface area contributed by atoms with E-state index in [0.717, 1.165) is 12.8 Å². The number of hydrogen-bond donors (Lipinski definition) is 0. The molecule has 1 saturated carbocycles. The molecule has 1 spiro atoms. The Balaban J connectivity index is 1.91. The Bertz CT molecular complexity index is 424. The van der Waals surface area contributed by atoms with Crippen molar-refractivity contribution in [1.82, 2.24) is 0 Å². The molecule has 0 saturated heterocycles. The van der Waals surface area contributed by atoms with Gasteiger partial charge in [0, 0.05) is 17.8 Å². The largest absolute Gasteiger partial charge is 0.508 e. The first kappa shape index (κ1) is 14.5. The smallest absolute Gasteiger partial charge is 0.435 e. The number of rotatable bonds is 4. The lowest BCUT2D eigenvalue weighted by molar-refractivity contribution is -0.550. The van der Waals surface area contributed by atoms with Crippen molar-refractivity contribution in [2.24, 2.45) is 5.16 Å². The fourth-order valence-corrected chi connectivity index (χ4v) is 2.75. The van der Waals surface area contributed by atoms with Crippen LogP contribution in [0.2, 0.25) is 0 Å². The molecule has 2 rings (SSSR count). The van der Waals surface area contributed by atoms with E-state index in [1.807, 2.05) is 0 Å². The van der Waals surface area contributed by atoms with Gasteiger partial charge in [0.15, 0.2) is 0 Å². The molecule has 1 aliphatic carbocycles. The molecule has 0 bridgehead atoms. The summed E-state index contributed by atoms with van der Waals surface area (Å²) in [4.78, 5) is 27.3. The van der Waals surface area contributed by atoms with Crippen LogP contribution in [0.4, 0.5) is 4.79 Å². The molecule has 0 amide bonds. The molecule has 2 atom stereocenters. The second-order valence-corrected chi connectivity index (χ2v) is 5.01. The third-order valence-electron chi connectivity index (χ3n) is 3.67. The van der Waals surface area contributed by atoms with E-state index in [1.165, 1.54) is 0 Å². The van der Waals surface area contributed by atoms with Crippen molar-refractivity contribution in [3.63, 3.8) is 0 Å².